The number of aryl methyl sites for hydroxylation is 1. The SMILES string of the molecule is Cc1nnc(NC(=O)CC[C@@H]2CC3c4cccc5[nH]cc(c45)C[C@H]3N(C)C2)s1. The van der Waals surface area contributed by atoms with Gasteiger partial charge < -0.3 is 15.2 Å². The molecule has 3 aromatic rings. The summed E-state index contributed by atoms with van der Waals surface area (Å²) >= 11 is 1.42. The maximum atomic E-state index is 12.3. The third kappa shape index (κ3) is 3.12. The van der Waals surface area contributed by atoms with Crippen LogP contribution in [-0.2, 0) is 11.2 Å². The first-order valence-electron chi connectivity index (χ1n) is 9.97. The van der Waals surface area contributed by atoms with E-state index in [2.05, 4.69) is 56.8 Å². The quantitative estimate of drug-likeness (QED) is 0.706. The highest BCUT2D eigenvalue weighted by Gasteiger charge is 2.39. The molecule has 1 aromatic carbocycles. The minimum atomic E-state index is 0.0413. The third-order valence-corrected chi connectivity index (χ3v) is 7.12. The number of likely N-dealkylation sites (N-methyl/N-ethyl adjacent to an activating group) is 1. The van der Waals surface area contributed by atoms with E-state index < -0.39 is 0 Å². The van der Waals surface area contributed by atoms with Gasteiger partial charge in [0, 0.05) is 42.0 Å². The molecule has 2 aliphatic rings. The molecular weight excluding hydrogens is 370 g/mol. The Balaban J connectivity index is 1.28. The molecule has 0 radical (unpaired) electrons. The molecule has 1 aliphatic carbocycles. The first kappa shape index (κ1) is 17.8. The van der Waals surface area contributed by atoms with Crippen molar-refractivity contribution in [2.75, 3.05) is 18.9 Å². The van der Waals surface area contributed by atoms with Crippen molar-refractivity contribution < 1.29 is 4.79 Å². The molecule has 6 nitrogen and oxygen atoms in total. The van der Waals surface area contributed by atoms with Crippen molar-refractivity contribution >= 4 is 33.3 Å². The molecule has 146 valence electrons. The van der Waals surface area contributed by atoms with Gasteiger partial charge in [-0.25, -0.2) is 0 Å². The van der Waals surface area contributed by atoms with Gasteiger partial charge in [-0.1, -0.05) is 23.5 Å². The predicted octanol–water partition coefficient (Wildman–Crippen LogP) is 3.71. The highest BCUT2D eigenvalue weighted by molar-refractivity contribution is 7.15. The summed E-state index contributed by atoms with van der Waals surface area (Å²) < 4.78 is 0. The molecule has 1 fully saturated rings. The number of hydrogen-bond acceptors (Lipinski definition) is 5. The van der Waals surface area contributed by atoms with Gasteiger partial charge in [-0.15, -0.1) is 10.2 Å². The Labute approximate surface area is 168 Å². The van der Waals surface area contributed by atoms with Gasteiger partial charge in [0.1, 0.15) is 5.01 Å². The second-order valence-corrected chi connectivity index (χ2v) is 9.40. The lowest BCUT2D eigenvalue weighted by Gasteiger charge is -2.45. The Morgan fingerprint density at radius 1 is 1.39 bits per heavy atom. The number of aromatic amines is 1. The van der Waals surface area contributed by atoms with Crippen LogP contribution in [0.1, 0.15) is 41.3 Å². The Bertz CT molecular complexity index is 1020. The average Bonchev–Trinajstić information content (AvgIpc) is 3.28. The van der Waals surface area contributed by atoms with Crippen molar-refractivity contribution in [1.29, 1.82) is 0 Å². The Morgan fingerprint density at radius 3 is 3.11 bits per heavy atom. The van der Waals surface area contributed by atoms with E-state index in [1.165, 1.54) is 33.4 Å². The van der Waals surface area contributed by atoms with Crippen LogP contribution in [-0.4, -0.2) is 45.6 Å². The molecular formula is C21H25N5OS. The Hall–Kier alpha value is -2.25. The summed E-state index contributed by atoms with van der Waals surface area (Å²) in [4.78, 5) is 18.3. The molecule has 1 aliphatic heterocycles. The van der Waals surface area contributed by atoms with Gasteiger partial charge in [0.2, 0.25) is 11.0 Å². The molecule has 3 atom stereocenters. The van der Waals surface area contributed by atoms with E-state index in [9.17, 15) is 4.79 Å². The summed E-state index contributed by atoms with van der Waals surface area (Å²) in [5, 5.41) is 13.7. The monoisotopic (exact) mass is 395 g/mol. The summed E-state index contributed by atoms with van der Waals surface area (Å²) in [5.74, 6) is 1.12. The van der Waals surface area contributed by atoms with Crippen LogP contribution in [0.5, 0.6) is 0 Å². The molecule has 5 rings (SSSR count). The first-order valence-corrected chi connectivity index (χ1v) is 10.8. The second-order valence-electron chi connectivity index (χ2n) is 8.22. The number of aromatic nitrogens is 3. The zero-order chi connectivity index (χ0) is 19.3. The Kier molecular flexibility index (Phi) is 4.44. The fraction of sp³-hybridized carbons (Fsp3) is 0.476. The van der Waals surface area contributed by atoms with Gasteiger partial charge in [-0.3, -0.25) is 4.79 Å². The van der Waals surface area contributed by atoms with E-state index in [0.29, 0.717) is 29.4 Å². The molecule has 1 unspecified atom stereocenters. The summed E-state index contributed by atoms with van der Waals surface area (Å²) in [6.07, 6.45) is 5.90. The van der Waals surface area contributed by atoms with Gasteiger partial charge in [0.15, 0.2) is 0 Å². The number of nitrogens with one attached hydrogen (secondary N) is 2. The smallest absolute Gasteiger partial charge is 0.226 e. The van der Waals surface area contributed by atoms with Crippen LogP contribution in [0.15, 0.2) is 24.4 Å². The summed E-state index contributed by atoms with van der Waals surface area (Å²) in [5.41, 5.74) is 4.18. The van der Waals surface area contributed by atoms with E-state index >= 15 is 0 Å². The van der Waals surface area contributed by atoms with Crippen LogP contribution in [0.2, 0.25) is 0 Å². The van der Waals surface area contributed by atoms with Crippen LogP contribution in [0.3, 0.4) is 0 Å². The maximum Gasteiger partial charge on any atom is 0.226 e. The third-order valence-electron chi connectivity index (χ3n) is 6.36. The highest BCUT2D eigenvalue weighted by atomic mass is 32.1. The van der Waals surface area contributed by atoms with Gasteiger partial charge in [0.05, 0.1) is 0 Å². The molecule has 0 bridgehead atoms. The topological polar surface area (TPSA) is 73.9 Å². The Morgan fingerprint density at radius 2 is 2.29 bits per heavy atom. The molecule has 2 aromatic heterocycles. The van der Waals surface area contributed by atoms with E-state index in [1.54, 1.807) is 0 Å². The number of rotatable bonds is 4. The minimum Gasteiger partial charge on any atom is -0.361 e. The minimum absolute atomic E-state index is 0.0413. The van der Waals surface area contributed by atoms with Crippen LogP contribution in [0, 0.1) is 12.8 Å². The van der Waals surface area contributed by atoms with Crippen molar-refractivity contribution in [1.82, 2.24) is 20.1 Å². The fourth-order valence-corrected chi connectivity index (χ4v) is 5.74. The molecule has 7 heteroatoms. The van der Waals surface area contributed by atoms with Crippen molar-refractivity contribution in [2.24, 2.45) is 5.92 Å². The molecule has 2 N–H and O–H groups in total. The lowest BCUT2D eigenvalue weighted by molar-refractivity contribution is -0.116. The van der Waals surface area contributed by atoms with E-state index in [0.717, 1.165) is 30.8 Å². The van der Waals surface area contributed by atoms with Crippen molar-refractivity contribution in [3.05, 3.63) is 40.5 Å². The van der Waals surface area contributed by atoms with E-state index in [-0.39, 0.29) is 5.91 Å². The van der Waals surface area contributed by atoms with Gasteiger partial charge in [-0.05, 0) is 56.3 Å². The van der Waals surface area contributed by atoms with Crippen LogP contribution < -0.4 is 5.32 Å². The number of H-pyrrole nitrogens is 1. The van der Waals surface area contributed by atoms with Crippen LogP contribution in [0.25, 0.3) is 10.9 Å². The number of hydrogen-bond donors (Lipinski definition) is 2. The standard InChI is InChI=1S/C21H25N5OS/c1-12-24-25-21(28-12)23-19(27)7-6-13-8-16-15-4-3-5-17-20(15)14(10-22-17)9-18(16)26(2)11-13/h3-5,10,13,16,18,22H,6-9,11H2,1-2H3,(H,23,25,27)/t13-,16?,18-/m1/s1. The number of likely N-dealkylation sites (tertiary alicyclic amines) is 1. The lowest BCUT2D eigenvalue weighted by atomic mass is 9.71. The van der Waals surface area contributed by atoms with Gasteiger partial charge >= 0.3 is 0 Å². The number of benzene rings is 1. The summed E-state index contributed by atoms with van der Waals surface area (Å²) in [6.45, 7) is 2.95. The number of carbonyl (C=O) groups is 1. The lowest BCUT2D eigenvalue weighted by Crippen LogP contribution is -2.47. The van der Waals surface area contributed by atoms with Crippen LogP contribution >= 0.6 is 11.3 Å². The van der Waals surface area contributed by atoms with E-state index in [4.69, 9.17) is 0 Å². The average molecular weight is 396 g/mol. The zero-order valence-corrected chi connectivity index (χ0v) is 17.1. The normalized spacial score (nSPS) is 24.3. The van der Waals surface area contributed by atoms with Crippen molar-refractivity contribution in [3.8, 4) is 0 Å². The number of anilines is 1. The number of piperidine rings is 1. The van der Waals surface area contributed by atoms with Crippen LogP contribution in [0.4, 0.5) is 5.13 Å². The van der Waals surface area contributed by atoms with E-state index in [1.807, 2.05) is 6.92 Å². The highest BCUT2D eigenvalue weighted by Crippen LogP contribution is 2.45. The fourth-order valence-electron chi connectivity index (χ4n) is 5.13. The zero-order valence-electron chi connectivity index (χ0n) is 16.2. The first-order chi connectivity index (χ1) is 13.6. The molecule has 28 heavy (non-hydrogen) atoms. The molecule has 0 spiro atoms. The number of fused-ring (bicyclic) bond motifs is 2. The molecule has 3 heterocycles. The van der Waals surface area contributed by atoms with Gasteiger partial charge in [-0.2, -0.15) is 0 Å². The summed E-state index contributed by atoms with van der Waals surface area (Å²) in [7, 11) is 2.24. The number of carbonyl (C=O) groups excluding carboxylic acids is 1. The second kappa shape index (κ2) is 6.97. The maximum absolute atomic E-state index is 12.3. The number of amides is 1. The predicted molar refractivity (Wildman–Crippen MR) is 112 cm³/mol. The molecule has 1 saturated heterocycles. The summed E-state index contributed by atoms with van der Waals surface area (Å²) in [6, 6.07) is 7.20. The van der Waals surface area contributed by atoms with Crippen molar-refractivity contribution in [3.63, 3.8) is 0 Å². The molecule has 0 saturated carbocycles. The molecule has 1 amide bonds. The van der Waals surface area contributed by atoms with Gasteiger partial charge in [0.25, 0.3) is 0 Å². The van der Waals surface area contributed by atoms with Crippen molar-refractivity contribution in [2.45, 2.75) is 44.6 Å². The largest absolute Gasteiger partial charge is 0.361 e. The number of nitrogens with zero attached hydrogens (tertiary/aromatic N) is 3.